The van der Waals surface area contributed by atoms with E-state index in [2.05, 4.69) is 0 Å². The van der Waals surface area contributed by atoms with Crippen LogP contribution in [0.5, 0.6) is 0 Å². The van der Waals surface area contributed by atoms with Gasteiger partial charge in [0.2, 0.25) is 0 Å². The molecule has 0 heterocycles. The molecule has 0 aromatic heterocycles. The van der Waals surface area contributed by atoms with Gasteiger partial charge in [-0.25, -0.2) is 4.39 Å². The molecule has 0 aliphatic heterocycles. The van der Waals surface area contributed by atoms with E-state index in [9.17, 15) is 14.0 Å². The Kier molecular flexibility index (Phi) is 2.93. The number of fused-ring (bicyclic) bond motifs is 5. The minimum atomic E-state index is -0.875. The molecular weight excluding hydrogens is 267 g/mol. The van der Waals surface area contributed by atoms with Gasteiger partial charge in [-0.05, 0) is 61.9 Å². The highest BCUT2D eigenvalue weighted by Crippen LogP contribution is 2.61. The minimum Gasteiger partial charge on any atom is -0.299 e. The molecule has 4 aliphatic rings. The number of rotatable bonds is 0. The van der Waals surface area contributed by atoms with Crippen LogP contribution in [0.2, 0.25) is 0 Å². The third kappa shape index (κ3) is 1.82. The Balaban J connectivity index is 1.70. The molecule has 3 fully saturated rings. The van der Waals surface area contributed by atoms with E-state index in [1.165, 1.54) is 5.57 Å². The van der Waals surface area contributed by atoms with Crippen LogP contribution in [0, 0.1) is 29.1 Å². The molecule has 0 bridgehead atoms. The monoisotopic (exact) mass is 290 g/mol. The van der Waals surface area contributed by atoms with E-state index in [0.29, 0.717) is 31.1 Å². The zero-order valence-electron chi connectivity index (χ0n) is 12.6. The molecule has 0 amide bonds. The number of allylic oxidation sites excluding steroid dienone is 1. The predicted molar refractivity (Wildman–Crippen MR) is 77.4 cm³/mol. The minimum absolute atomic E-state index is 0.0575. The van der Waals surface area contributed by atoms with Gasteiger partial charge in [0, 0.05) is 18.3 Å². The molecule has 21 heavy (non-hydrogen) atoms. The van der Waals surface area contributed by atoms with Gasteiger partial charge in [-0.2, -0.15) is 0 Å². The van der Waals surface area contributed by atoms with Crippen molar-refractivity contribution in [2.75, 3.05) is 0 Å². The van der Waals surface area contributed by atoms with E-state index >= 15 is 0 Å². The average Bonchev–Trinajstić information content (AvgIpc) is 2.74. The van der Waals surface area contributed by atoms with Gasteiger partial charge in [-0.15, -0.1) is 0 Å². The van der Waals surface area contributed by atoms with Crippen molar-refractivity contribution in [1.82, 2.24) is 0 Å². The summed E-state index contributed by atoms with van der Waals surface area (Å²) in [4.78, 5) is 23.9. The van der Waals surface area contributed by atoms with Crippen molar-refractivity contribution in [3.05, 3.63) is 11.6 Å². The number of carbonyl (C=O) groups is 2. The highest BCUT2D eigenvalue weighted by atomic mass is 19.1. The van der Waals surface area contributed by atoms with Crippen molar-refractivity contribution >= 4 is 11.6 Å². The van der Waals surface area contributed by atoms with Gasteiger partial charge in [0.05, 0.1) is 0 Å². The number of alkyl halides is 1. The van der Waals surface area contributed by atoms with Crippen LogP contribution < -0.4 is 0 Å². The smallest absolute Gasteiger partial charge is 0.155 e. The van der Waals surface area contributed by atoms with Gasteiger partial charge in [-0.3, -0.25) is 9.59 Å². The quantitative estimate of drug-likeness (QED) is 0.682. The number of carbonyl (C=O) groups excluding carboxylic acids is 2. The van der Waals surface area contributed by atoms with Crippen LogP contribution in [0.3, 0.4) is 0 Å². The second kappa shape index (κ2) is 4.50. The van der Waals surface area contributed by atoms with Crippen LogP contribution in [0.1, 0.15) is 51.9 Å². The fraction of sp³-hybridized carbons (Fsp3) is 0.778. The van der Waals surface area contributed by atoms with Crippen molar-refractivity contribution in [3.8, 4) is 0 Å². The second-order valence-electron chi connectivity index (χ2n) is 7.82. The summed E-state index contributed by atoms with van der Waals surface area (Å²) in [6.45, 7) is 2.01. The Morgan fingerprint density at radius 3 is 2.76 bits per heavy atom. The summed E-state index contributed by atoms with van der Waals surface area (Å²) in [6.07, 6.45) is 6.23. The van der Waals surface area contributed by atoms with Crippen LogP contribution in [0.15, 0.2) is 11.6 Å². The molecule has 2 nitrogen and oxygen atoms in total. The lowest BCUT2D eigenvalue weighted by atomic mass is 9.51. The number of hydrogen-bond donors (Lipinski definition) is 0. The average molecular weight is 290 g/mol. The standard InChI is InChI=1S/C18H23FO2/c1-18-9-15(19)17-12-5-3-11(20)8-10(12)2-4-13(17)14(18)6-7-16(18)21/h8,12-15,17H,2-7,9H2,1H3/t12?,13?,14?,15?,17?,18-/m0/s1. The topological polar surface area (TPSA) is 34.1 Å². The summed E-state index contributed by atoms with van der Waals surface area (Å²) < 4.78 is 15.0. The van der Waals surface area contributed by atoms with Gasteiger partial charge in [-0.1, -0.05) is 12.5 Å². The lowest BCUT2D eigenvalue weighted by molar-refractivity contribution is -0.135. The Morgan fingerprint density at radius 2 is 1.95 bits per heavy atom. The molecule has 114 valence electrons. The third-order valence-corrected chi connectivity index (χ3v) is 6.94. The Labute approximate surface area is 125 Å². The lowest BCUT2D eigenvalue weighted by Crippen LogP contribution is -2.51. The van der Waals surface area contributed by atoms with Gasteiger partial charge < -0.3 is 0 Å². The molecule has 5 unspecified atom stereocenters. The summed E-state index contributed by atoms with van der Waals surface area (Å²) in [5, 5.41) is 0. The summed E-state index contributed by atoms with van der Waals surface area (Å²) in [5.41, 5.74) is 0.787. The van der Waals surface area contributed by atoms with Gasteiger partial charge >= 0.3 is 0 Å². The molecule has 0 saturated heterocycles. The highest BCUT2D eigenvalue weighted by molar-refractivity contribution is 5.91. The van der Waals surface area contributed by atoms with Gasteiger partial charge in [0.1, 0.15) is 12.0 Å². The van der Waals surface area contributed by atoms with Crippen LogP contribution in [-0.4, -0.2) is 17.7 Å². The first-order valence-electron chi connectivity index (χ1n) is 8.41. The third-order valence-electron chi connectivity index (χ3n) is 6.94. The summed E-state index contributed by atoms with van der Waals surface area (Å²) in [5.74, 6) is 1.54. The van der Waals surface area contributed by atoms with Crippen LogP contribution in [-0.2, 0) is 9.59 Å². The normalized spacial score (nSPS) is 49.2. The maximum absolute atomic E-state index is 15.0. The van der Waals surface area contributed by atoms with E-state index in [1.807, 2.05) is 6.92 Å². The zero-order chi connectivity index (χ0) is 14.8. The molecular formula is C18H23FO2. The van der Waals surface area contributed by atoms with E-state index in [0.717, 1.165) is 25.7 Å². The zero-order valence-corrected chi connectivity index (χ0v) is 12.6. The molecule has 3 heteroatoms. The number of ketones is 2. The first-order chi connectivity index (χ1) is 10.0. The molecule has 0 N–H and O–H groups in total. The SMILES string of the molecule is C[C@]12CC(F)C3C4CCC(=O)C=C4CCC3C1CCC2=O. The van der Waals surface area contributed by atoms with Crippen LogP contribution >= 0.6 is 0 Å². The summed E-state index contributed by atoms with van der Waals surface area (Å²) in [6, 6.07) is 0. The van der Waals surface area contributed by atoms with Crippen molar-refractivity contribution in [2.45, 2.75) is 58.0 Å². The van der Waals surface area contributed by atoms with Crippen molar-refractivity contribution in [1.29, 1.82) is 0 Å². The van der Waals surface area contributed by atoms with Crippen molar-refractivity contribution in [3.63, 3.8) is 0 Å². The highest BCUT2D eigenvalue weighted by Gasteiger charge is 2.59. The molecule has 4 rings (SSSR count). The number of hydrogen-bond acceptors (Lipinski definition) is 2. The van der Waals surface area contributed by atoms with Gasteiger partial charge in [0.15, 0.2) is 5.78 Å². The van der Waals surface area contributed by atoms with Crippen molar-refractivity contribution < 1.29 is 14.0 Å². The van der Waals surface area contributed by atoms with E-state index in [-0.39, 0.29) is 23.4 Å². The van der Waals surface area contributed by atoms with Gasteiger partial charge in [0.25, 0.3) is 0 Å². The molecule has 0 radical (unpaired) electrons. The predicted octanol–water partition coefficient (Wildman–Crippen LogP) is 3.65. The fourth-order valence-electron chi connectivity index (χ4n) is 5.97. The number of Topliss-reactive ketones (excluding diaryl/α,β-unsaturated/α-hetero) is 1. The maximum atomic E-state index is 15.0. The molecule has 3 saturated carbocycles. The number of halogens is 1. The fourth-order valence-corrected chi connectivity index (χ4v) is 5.97. The Bertz CT molecular complexity index is 537. The molecule has 6 atom stereocenters. The molecule has 0 aromatic rings. The van der Waals surface area contributed by atoms with E-state index < -0.39 is 11.6 Å². The second-order valence-corrected chi connectivity index (χ2v) is 7.82. The van der Waals surface area contributed by atoms with E-state index in [4.69, 9.17) is 0 Å². The first-order valence-corrected chi connectivity index (χ1v) is 8.41. The lowest BCUT2D eigenvalue weighted by Gasteiger charge is -2.53. The largest absolute Gasteiger partial charge is 0.299 e. The van der Waals surface area contributed by atoms with Crippen molar-refractivity contribution in [2.24, 2.45) is 29.1 Å². The molecule has 0 spiro atoms. The maximum Gasteiger partial charge on any atom is 0.155 e. The first kappa shape index (κ1) is 13.7. The van der Waals surface area contributed by atoms with Crippen LogP contribution in [0.25, 0.3) is 0 Å². The van der Waals surface area contributed by atoms with E-state index in [1.54, 1.807) is 6.08 Å². The molecule has 0 aromatic carbocycles. The molecule has 4 aliphatic carbocycles. The Morgan fingerprint density at radius 1 is 1.14 bits per heavy atom. The van der Waals surface area contributed by atoms with Crippen LogP contribution in [0.4, 0.5) is 4.39 Å². The summed E-state index contributed by atoms with van der Waals surface area (Å²) >= 11 is 0. The summed E-state index contributed by atoms with van der Waals surface area (Å²) in [7, 11) is 0. The Hall–Kier alpha value is -0.990.